The van der Waals surface area contributed by atoms with Gasteiger partial charge in [0.05, 0.1) is 18.3 Å². The topological polar surface area (TPSA) is 57.5 Å². The highest BCUT2D eigenvalue weighted by Gasteiger charge is 2.15. The summed E-state index contributed by atoms with van der Waals surface area (Å²) in [6.07, 6.45) is 2.59. The molecule has 0 amide bonds. The number of benzene rings is 1. The monoisotopic (exact) mass is 510 g/mol. The molecule has 6 nitrogen and oxygen atoms in total. The molecule has 1 saturated heterocycles. The molecule has 0 spiro atoms. The number of aryl methyl sites for hydroxylation is 2. The van der Waals surface area contributed by atoms with Crippen LogP contribution in [0, 0.1) is 13.8 Å². The summed E-state index contributed by atoms with van der Waals surface area (Å²) in [5.74, 6) is 0.837. The van der Waals surface area contributed by atoms with Crippen LogP contribution in [0.1, 0.15) is 55.2 Å². The first-order chi connectivity index (χ1) is 13.5. The molecule has 1 aromatic carbocycles. The molecule has 2 N–H and O–H groups in total. The second kappa shape index (κ2) is 10.8. The maximum atomic E-state index is 4.81. The summed E-state index contributed by atoms with van der Waals surface area (Å²) in [5, 5.41) is 11.4. The first kappa shape index (κ1) is 23.5. The summed E-state index contributed by atoms with van der Waals surface area (Å²) in [4.78, 5) is 7.29. The van der Waals surface area contributed by atoms with Gasteiger partial charge in [-0.25, -0.2) is 4.99 Å². The summed E-state index contributed by atoms with van der Waals surface area (Å²) in [6.45, 7) is 12.2. The van der Waals surface area contributed by atoms with E-state index in [1.54, 1.807) is 0 Å². The van der Waals surface area contributed by atoms with Gasteiger partial charge >= 0.3 is 0 Å². The molecule has 1 atom stereocenters. The van der Waals surface area contributed by atoms with Crippen LogP contribution in [0.2, 0.25) is 0 Å². The third kappa shape index (κ3) is 5.87. The van der Waals surface area contributed by atoms with Crippen LogP contribution in [0.5, 0.6) is 0 Å². The summed E-state index contributed by atoms with van der Waals surface area (Å²) < 4.78 is 1.92. The van der Waals surface area contributed by atoms with Gasteiger partial charge in [-0.1, -0.05) is 12.1 Å². The minimum atomic E-state index is 0. The normalized spacial score (nSPS) is 15.2. The Morgan fingerprint density at radius 2 is 1.97 bits per heavy atom. The number of nitrogens with zero attached hydrogens (tertiary/aromatic N) is 4. The first-order valence-electron chi connectivity index (χ1n) is 10.4. The Morgan fingerprint density at radius 1 is 1.24 bits per heavy atom. The van der Waals surface area contributed by atoms with E-state index >= 15 is 0 Å². The van der Waals surface area contributed by atoms with Crippen LogP contribution < -0.4 is 15.5 Å². The van der Waals surface area contributed by atoms with Gasteiger partial charge in [0, 0.05) is 43.6 Å². The van der Waals surface area contributed by atoms with Crippen molar-refractivity contribution in [2.24, 2.45) is 12.0 Å². The van der Waals surface area contributed by atoms with Crippen LogP contribution in [0.3, 0.4) is 0 Å². The predicted molar refractivity (Wildman–Crippen MR) is 132 cm³/mol. The Hall–Kier alpha value is -1.77. The third-order valence-electron chi connectivity index (χ3n) is 5.59. The molecule has 1 fully saturated rings. The van der Waals surface area contributed by atoms with Crippen LogP contribution in [0.25, 0.3) is 0 Å². The maximum Gasteiger partial charge on any atom is 0.192 e. The summed E-state index contributed by atoms with van der Waals surface area (Å²) in [5.41, 5.74) is 6.02. The highest BCUT2D eigenvalue weighted by atomic mass is 127. The Labute approximate surface area is 192 Å². The van der Waals surface area contributed by atoms with Crippen LogP contribution in [0.15, 0.2) is 29.3 Å². The molecular formula is C22H35IN6. The van der Waals surface area contributed by atoms with Gasteiger partial charge in [0.1, 0.15) is 0 Å². The van der Waals surface area contributed by atoms with Crippen LogP contribution in [-0.2, 0) is 13.6 Å². The maximum absolute atomic E-state index is 4.81. The second-order valence-corrected chi connectivity index (χ2v) is 7.62. The molecule has 2 heterocycles. The molecule has 29 heavy (non-hydrogen) atoms. The van der Waals surface area contributed by atoms with Crippen LogP contribution in [0.4, 0.5) is 5.69 Å². The van der Waals surface area contributed by atoms with Crippen molar-refractivity contribution in [1.82, 2.24) is 20.4 Å². The van der Waals surface area contributed by atoms with Gasteiger partial charge < -0.3 is 15.5 Å². The molecule has 3 rings (SSSR count). The molecule has 2 aromatic rings. The highest BCUT2D eigenvalue weighted by molar-refractivity contribution is 14.0. The fourth-order valence-electron chi connectivity index (χ4n) is 3.78. The zero-order valence-electron chi connectivity index (χ0n) is 18.3. The van der Waals surface area contributed by atoms with Crippen molar-refractivity contribution in [2.45, 2.75) is 53.1 Å². The fourth-order valence-corrected chi connectivity index (χ4v) is 3.78. The molecule has 1 aliphatic heterocycles. The Kier molecular flexibility index (Phi) is 8.79. The summed E-state index contributed by atoms with van der Waals surface area (Å²) in [6, 6.07) is 9.05. The van der Waals surface area contributed by atoms with Crippen LogP contribution >= 0.6 is 24.0 Å². The lowest BCUT2D eigenvalue weighted by Crippen LogP contribution is -2.38. The Bertz CT molecular complexity index is 823. The molecule has 0 radical (unpaired) electrons. The number of anilines is 1. The van der Waals surface area contributed by atoms with Gasteiger partial charge in [-0.3, -0.25) is 4.68 Å². The molecule has 1 unspecified atom stereocenters. The van der Waals surface area contributed by atoms with E-state index in [1.165, 1.54) is 48.4 Å². The minimum absolute atomic E-state index is 0. The number of nitrogens with one attached hydrogen (secondary N) is 2. The number of hydrogen-bond acceptors (Lipinski definition) is 3. The number of aliphatic imine (C=N–C) groups is 1. The van der Waals surface area contributed by atoms with Crippen molar-refractivity contribution in [1.29, 1.82) is 0 Å². The lowest BCUT2D eigenvalue weighted by molar-refractivity contribution is 0.685. The predicted octanol–water partition coefficient (Wildman–Crippen LogP) is 4.07. The van der Waals surface area contributed by atoms with E-state index in [2.05, 4.69) is 65.7 Å². The SMILES string of the molecule is CCNC(=NCc1c(C)nn(C)c1C)NC(C)c1cccc(N2CCCC2)c1.I. The van der Waals surface area contributed by atoms with E-state index in [0.717, 1.165) is 18.2 Å². The molecule has 0 saturated carbocycles. The second-order valence-electron chi connectivity index (χ2n) is 7.62. The van der Waals surface area contributed by atoms with Crippen molar-refractivity contribution in [2.75, 3.05) is 24.5 Å². The van der Waals surface area contributed by atoms with E-state index in [4.69, 9.17) is 4.99 Å². The van der Waals surface area contributed by atoms with Gasteiger partial charge in [0.15, 0.2) is 5.96 Å². The number of rotatable bonds is 6. The smallest absolute Gasteiger partial charge is 0.192 e. The van der Waals surface area contributed by atoms with Crippen molar-refractivity contribution in [3.8, 4) is 0 Å². The summed E-state index contributed by atoms with van der Waals surface area (Å²) in [7, 11) is 1.98. The van der Waals surface area contributed by atoms with Gasteiger partial charge in [0.25, 0.3) is 0 Å². The van der Waals surface area contributed by atoms with E-state index in [-0.39, 0.29) is 30.0 Å². The molecule has 0 aliphatic carbocycles. The van der Waals surface area contributed by atoms with E-state index in [9.17, 15) is 0 Å². The lowest BCUT2D eigenvalue weighted by Gasteiger charge is -2.22. The number of aromatic nitrogens is 2. The zero-order chi connectivity index (χ0) is 20.1. The highest BCUT2D eigenvalue weighted by Crippen LogP contribution is 2.24. The Balaban J connectivity index is 0.00000300. The van der Waals surface area contributed by atoms with E-state index in [1.807, 2.05) is 18.7 Å². The van der Waals surface area contributed by atoms with Crippen molar-refractivity contribution >= 4 is 35.6 Å². The zero-order valence-corrected chi connectivity index (χ0v) is 20.7. The van der Waals surface area contributed by atoms with Gasteiger partial charge in [0.2, 0.25) is 0 Å². The molecular weight excluding hydrogens is 475 g/mol. The number of guanidine groups is 1. The standard InChI is InChI=1S/C22H34N6.HI/c1-6-23-22(24-15-21-17(3)26-27(5)18(21)4)25-16(2)19-10-9-11-20(14-19)28-12-7-8-13-28;/h9-11,14,16H,6-8,12-13,15H2,1-5H3,(H2,23,24,25);1H. The van der Waals surface area contributed by atoms with Crippen molar-refractivity contribution < 1.29 is 0 Å². The molecule has 7 heteroatoms. The third-order valence-corrected chi connectivity index (χ3v) is 5.59. The van der Waals surface area contributed by atoms with Crippen molar-refractivity contribution in [3.05, 3.63) is 46.8 Å². The summed E-state index contributed by atoms with van der Waals surface area (Å²) >= 11 is 0. The molecule has 0 bridgehead atoms. The Morgan fingerprint density at radius 3 is 2.59 bits per heavy atom. The molecule has 160 valence electrons. The van der Waals surface area contributed by atoms with Crippen LogP contribution in [-0.4, -0.2) is 35.4 Å². The molecule has 1 aliphatic rings. The van der Waals surface area contributed by atoms with Gasteiger partial charge in [-0.2, -0.15) is 5.10 Å². The largest absolute Gasteiger partial charge is 0.372 e. The average molecular weight is 510 g/mol. The van der Waals surface area contributed by atoms with Gasteiger partial charge in [-0.05, 0) is 58.2 Å². The quantitative estimate of drug-likeness (QED) is 0.350. The fraction of sp³-hybridized carbons (Fsp3) is 0.545. The molecule has 1 aromatic heterocycles. The minimum Gasteiger partial charge on any atom is -0.372 e. The van der Waals surface area contributed by atoms with E-state index < -0.39 is 0 Å². The number of halogens is 1. The average Bonchev–Trinajstić information content (AvgIpc) is 3.30. The number of hydrogen-bond donors (Lipinski definition) is 2. The van der Waals surface area contributed by atoms with E-state index in [0.29, 0.717) is 6.54 Å². The first-order valence-corrected chi connectivity index (χ1v) is 10.4. The van der Waals surface area contributed by atoms with Crippen molar-refractivity contribution in [3.63, 3.8) is 0 Å². The lowest BCUT2D eigenvalue weighted by atomic mass is 10.1. The van der Waals surface area contributed by atoms with Gasteiger partial charge in [-0.15, -0.1) is 24.0 Å².